The molecule has 0 saturated carbocycles. The second kappa shape index (κ2) is 4.16. The van der Waals surface area contributed by atoms with Crippen LogP contribution in [0.2, 0.25) is 5.02 Å². The first kappa shape index (κ1) is 12.1. The third-order valence-electron chi connectivity index (χ3n) is 2.12. The molecule has 1 aliphatic rings. The normalized spacial score (nSPS) is 25.2. The van der Waals surface area contributed by atoms with Crippen molar-refractivity contribution in [2.75, 3.05) is 0 Å². The maximum atomic E-state index is 11.2. The van der Waals surface area contributed by atoms with Gasteiger partial charge in [-0.2, -0.15) is 0 Å². The first-order valence-electron chi connectivity index (χ1n) is 4.43. The maximum Gasteiger partial charge on any atom is 0.262 e. The topological polar surface area (TPSA) is 52.6 Å². The standard InChI is InChI=1S/C9H8Cl2O4S/c1-5-14-9(15-5)6-2-3-7(10)8(4-6)16(11,12)13/h2-5,9H,1H3. The van der Waals surface area contributed by atoms with Gasteiger partial charge in [-0.25, -0.2) is 8.42 Å². The fourth-order valence-corrected chi connectivity index (χ4v) is 2.87. The van der Waals surface area contributed by atoms with E-state index in [0.717, 1.165) is 0 Å². The van der Waals surface area contributed by atoms with Crippen LogP contribution >= 0.6 is 22.3 Å². The van der Waals surface area contributed by atoms with Gasteiger partial charge in [0.1, 0.15) is 4.90 Å². The van der Waals surface area contributed by atoms with Crippen LogP contribution in [0.3, 0.4) is 0 Å². The van der Waals surface area contributed by atoms with Gasteiger partial charge in [0.25, 0.3) is 9.05 Å². The van der Waals surface area contributed by atoms with Gasteiger partial charge < -0.3 is 9.47 Å². The van der Waals surface area contributed by atoms with Gasteiger partial charge in [-0.3, -0.25) is 0 Å². The molecule has 0 N–H and O–H groups in total. The molecular formula is C9H8Cl2O4S. The average Bonchev–Trinajstić information content (AvgIpc) is 2.12. The smallest absolute Gasteiger partial charge is 0.262 e. The molecule has 16 heavy (non-hydrogen) atoms. The van der Waals surface area contributed by atoms with Crippen LogP contribution in [0.4, 0.5) is 0 Å². The van der Waals surface area contributed by atoms with Crippen molar-refractivity contribution in [3.63, 3.8) is 0 Å². The van der Waals surface area contributed by atoms with E-state index >= 15 is 0 Å². The first-order valence-corrected chi connectivity index (χ1v) is 7.11. The number of ether oxygens (including phenoxy) is 2. The predicted octanol–water partition coefficient (Wildman–Crippen LogP) is 2.66. The monoisotopic (exact) mass is 282 g/mol. The minimum absolute atomic E-state index is 0.0751. The molecule has 1 aliphatic heterocycles. The molecule has 1 aromatic carbocycles. The van der Waals surface area contributed by atoms with Gasteiger partial charge in [0.05, 0.1) is 5.02 Å². The second-order valence-corrected chi connectivity index (χ2v) is 6.24. The Morgan fingerprint density at radius 1 is 1.31 bits per heavy atom. The van der Waals surface area contributed by atoms with Crippen LogP contribution < -0.4 is 0 Å². The Kier molecular flexibility index (Phi) is 3.16. The van der Waals surface area contributed by atoms with Crippen molar-refractivity contribution in [1.82, 2.24) is 0 Å². The van der Waals surface area contributed by atoms with Crippen molar-refractivity contribution in [2.45, 2.75) is 24.4 Å². The molecule has 7 heteroatoms. The number of rotatable bonds is 2. The van der Waals surface area contributed by atoms with Crippen molar-refractivity contribution in [2.24, 2.45) is 0 Å². The summed E-state index contributed by atoms with van der Waals surface area (Å²) in [6, 6.07) is 4.42. The molecule has 88 valence electrons. The van der Waals surface area contributed by atoms with Gasteiger partial charge in [0, 0.05) is 16.2 Å². The van der Waals surface area contributed by atoms with E-state index in [1.54, 1.807) is 13.0 Å². The SMILES string of the molecule is CC1OC(c2ccc(Cl)c(S(=O)(=O)Cl)c2)O1. The summed E-state index contributed by atoms with van der Waals surface area (Å²) in [6.07, 6.45) is -0.832. The van der Waals surface area contributed by atoms with Crippen LogP contribution in [-0.2, 0) is 18.5 Å². The molecule has 1 aromatic rings. The lowest BCUT2D eigenvalue weighted by Gasteiger charge is -2.34. The molecule has 0 atom stereocenters. The van der Waals surface area contributed by atoms with Gasteiger partial charge >= 0.3 is 0 Å². The van der Waals surface area contributed by atoms with Crippen LogP contribution in [0.5, 0.6) is 0 Å². The summed E-state index contributed by atoms with van der Waals surface area (Å²) in [7, 11) is 1.38. The summed E-state index contributed by atoms with van der Waals surface area (Å²) >= 11 is 5.73. The molecule has 4 nitrogen and oxygen atoms in total. The highest BCUT2D eigenvalue weighted by atomic mass is 35.7. The van der Waals surface area contributed by atoms with Crippen molar-refractivity contribution in [3.05, 3.63) is 28.8 Å². The fraction of sp³-hybridized carbons (Fsp3) is 0.333. The summed E-state index contributed by atoms with van der Waals surface area (Å²) in [5.41, 5.74) is 0.571. The van der Waals surface area contributed by atoms with Crippen LogP contribution in [0.15, 0.2) is 23.1 Å². The third kappa shape index (κ3) is 2.33. The zero-order valence-electron chi connectivity index (χ0n) is 8.18. The maximum absolute atomic E-state index is 11.2. The number of hydrogen-bond acceptors (Lipinski definition) is 4. The van der Waals surface area contributed by atoms with E-state index in [9.17, 15) is 8.42 Å². The second-order valence-electron chi connectivity index (χ2n) is 3.30. The summed E-state index contributed by atoms with van der Waals surface area (Å²) < 4.78 is 32.9. The Morgan fingerprint density at radius 3 is 2.44 bits per heavy atom. The molecule has 0 aromatic heterocycles. The molecule has 1 saturated heterocycles. The Balaban J connectivity index is 2.37. The molecule has 0 bridgehead atoms. The van der Waals surface area contributed by atoms with E-state index in [2.05, 4.69) is 0 Å². The molecular weight excluding hydrogens is 275 g/mol. The number of hydrogen-bond donors (Lipinski definition) is 0. The molecule has 1 fully saturated rings. The van der Waals surface area contributed by atoms with Gasteiger partial charge in [-0.15, -0.1) is 0 Å². The Bertz CT molecular complexity index is 508. The van der Waals surface area contributed by atoms with E-state index in [0.29, 0.717) is 5.56 Å². The van der Waals surface area contributed by atoms with Gasteiger partial charge in [0.2, 0.25) is 0 Å². The molecule has 0 unspecified atom stereocenters. The van der Waals surface area contributed by atoms with Crippen LogP contribution in [0, 0.1) is 0 Å². The van der Waals surface area contributed by atoms with E-state index in [1.807, 2.05) is 0 Å². The van der Waals surface area contributed by atoms with Crippen molar-refractivity contribution in [1.29, 1.82) is 0 Å². The Labute approximate surface area is 102 Å². The Hall–Kier alpha value is -0.330. The minimum atomic E-state index is -3.86. The van der Waals surface area contributed by atoms with Crippen molar-refractivity contribution in [3.8, 4) is 0 Å². The average molecular weight is 283 g/mol. The van der Waals surface area contributed by atoms with Crippen LogP contribution in [0.25, 0.3) is 0 Å². The van der Waals surface area contributed by atoms with E-state index in [-0.39, 0.29) is 16.2 Å². The molecule has 0 spiro atoms. The zero-order valence-corrected chi connectivity index (χ0v) is 10.5. The van der Waals surface area contributed by atoms with Crippen molar-refractivity contribution < 1.29 is 17.9 Å². The number of benzene rings is 1. The Morgan fingerprint density at radius 2 is 1.94 bits per heavy atom. The summed E-state index contributed by atoms with van der Waals surface area (Å²) in [5.74, 6) is 0. The fourth-order valence-electron chi connectivity index (χ4n) is 1.37. The minimum Gasteiger partial charge on any atom is -0.320 e. The predicted molar refractivity (Wildman–Crippen MR) is 58.9 cm³/mol. The summed E-state index contributed by atoms with van der Waals surface area (Å²) in [5, 5.41) is 0.0751. The lowest BCUT2D eigenvalue weighted by atomic mass is 10.2. The van der Waals surface area contributed by atoms with Crippen molar-refractivity contribution >= 4 is 31.3 Å². The quantitative estimate of drug-likeness (QED) is 0.783. The zero-order chi connectivity index (χ0) is 11.9. The molecule has 0 radical (unpaired) electrons. The summed E-state index contributed by atoms with van der Waals surface area (Å²) in [4.78, 5) is -0.139. The van der Waals surface area contributed by atoms with Gasteiger partial charge in [0.15, 0.2) is 12.6 Å². The van der Waals surface area contributed by atoms with E-state index in [1.165, 1.54) is 12.1 Å². The van der Waals surface area contributed by atoms with Gasteiger partial charge in [-0.1, -0.05) is 17.7 Å². The highest BCUT2D eigenvalue weighted by Gasteiger charge is 2.29. The molecule has 2 rings (SSSR count). The molecule has 0 aliphatic carbocycles. The van der Waals surface area contributed by atoms with E-state index in [4.69, 9.17) is 31.8 Å². The largest absolute Gasteiger partial charge is 0.320 e. The molecule has 1 heterocycles. The highest BCUT2D eigenvalue weighted by Crippen LogP contribution is 2.35. The first-order chi connectivity index (χ1) is 7.38. The van der Waals surface area contributed by atoms with Crippen LogP contribution in [-0.4, -0.2) is 14.7 Å². The lowest BCUT2D eigenvalue weighted by molar-refractivity contribution is -0.382. The molecule has 0 amide bonds. The highest BCUT2D eigenvalue weighted by molar-refractivity contribution is 8.13. The number of halogens is 2. The third-order valence-corrected chi connectivity index (χ3v) is 3.92. The van der Waals surface area contributed by atoms with Gasteiger partial charge in [-0.05, 0) is 19.1 Å². The summed E-state index contributed by atoms with van der Waals surface area (Å²) in [6.45, 7) is 1.74. The van der Waals surface area contributed by atoms with Crippen LogP contribution in [0.1, 0.15) is 18.8 Å². The van der Waals surface area contributed by atoms with E-state index < -0.39 is 15.3 Å². The lowest BCUT2D eigenvalue weighted by Crippen LogP contribution is -2.31.